The van der Waals surface area contributed by atoms with Crippen LogP contribution in [0.1, 0.15) is 23.7 Å². The Kier molecular flexibility index (Phi) is 5.76. The van der Waals surface area contributed by atoms with Crippen LogP contribution in [0.3, 0.4) is 0 Å². The highest BCUT2D eigenvalue weighted by atomic mass is 16.5. The number of methoxy groups -OCH3 is 1. The number of carbonyl (C=O) groups is 2. The molecule has 1 aromatic heterocycles. The van der Waals surface area contributed by atoms with Crippen molar-refractivity contribution < 1.29 is 23.8 Å². The number of esters is 1. The Morgan fingerprint density at radius 1 is 1.04 bits per heavy atom. The van der Waals surface area contributed by atoms with E-state index in [0.29, 0.717) is 11.3 Å². The van der Waals surface area contributed by atoms with Gasteiger partial charge < -0.3 is 19.2 Å². The summed E-state index contributed by atoms with van der Waals surface area (Å²) in [5.74, 6) is 0.638. The number of fused-ring (bicyclic) bond motifs is 1. The zero-order chi connectivity index (χ0) is 19.2. The summed E-state index contributed by atoms with van der Waals surface area (Å²) in [4.78, 5) is 27.6. The molecule has 6 heteroatoms. The average molecular weight is 367 g/mol. The third-order valence-corrected chi connectivity index (χ3v) is 4.17. The summed E-state index contributed by atoms with van der Waals surface area (Å²) in [7, 11) is 1.59. The van der Waals surface area contributed by atoms with Crippen molar-refractivity contribution in [3.63, 3.8) is 0 Å². The molecule has 1 heterocycles. The van der Waals surface area contributed by atoms with Gasteiger partial charge in [-0.05, 0) is 37.3 Å². The maximum absolute atomic E-state index is 12.6. The van der Waals surface area contributed by atoms with Gasteiger partial charge in [-0.1, -0.05) is 18.2 Å². The molecule has 0 aliphatic rings. The van der Waals surface area contributed by atoms with Crippen molar-refractivity contribution >= 4 is 22.7 Å². The number of rotatable bonds is 8. The number of benzene rings is 2. The predicted octanol–water partition coefficient (Wildman–Crippen LogP) is 3.76. The molecule has 6 nitrogen and oxygen atoms in total. The molecule has 0 saturated heterocycles. The van der Waals surface area contributed by atoms with Crippen molar-refractivity contribution in [2.75, 3.05) is 13.7 Å². The fraction of sp³-hybridized carbons (Fsp3) is 0.238. The largest absolute Gasteiger partial charge is 0.497 e. The van der Waals surface area contributed by atoms with Crippen molar-refractivity contribution in [1.29, 1.82) is 0 Å². The molecule has 0 spiro atoms. The Balaban J connectivity index is 1.50. The number of H-pyrrole nitrogens is 1. The summed E-state index contributed by atoms with van der Waals surface area (Å²) in [6.45, 7) is 1.74. The topological polar surface area (TPSA) is 77.6 Å². The number of aromatic nitrogens is 1. The van der Waals surface area contributed by atoms with Crippen LogP contribution in [0.4, 0.5) is 0 Å². The van der Waals surface area contributed by atoms with Gasteiger partial charge in [0.2, 0.25) is 5.78 Å². The van der Waals surface area contributed by atoms with Crippen molar-refractivity contribution in [3.05, 3.63) is 60.3 Å². The monoisotopic (exact) mass is 367 g/mol. The summed E-state index contributed by atoms with van der Waals surface area (Å²) in [6, 6.07) is 14.6. The highest BCUT2D eigenvalue weighted by Crippen LogP contribution is 2.20. The Labute approximate surface area is 157 Å². The number of nitrogens with one attached hydrogen (secondary N) is 1. The zero-order valence-electron chi connectivity index (χ0n) is 15.2. The van der Waals surface area contributed by atoms with Crippen LogP contribution in [0.25, 0.3) is 10.9 Å². The fourth-order valence-corrected chi connectivity index (χ4v) is 2.73. The first-order valence-corrected chi connectivity index (χ1v) is 8.65. The van der Waals surface area contributed by atoms with Gasteiger partial charge in [-0.2, -0.15) is 0 Å². The highest BCUT2D eigenvalue weighted by Gasteiger charge is 2.22. The second-order valence-electron chi connectivity index (χ2n) is 6.02. The first-order chi connectivity index (χ1) is 13.1. The highest BCUT2D eigenvalue weighted by molar-refractivity contribution is 6.10. The van der Waals surface area contributed by atoms with Gasteiger partial charge >= 0.3 is 5.97 Å². The smallest absolute Gasteiger partial charge is 0.309 e. The molecule has 1 atom stereocenters. The van der Waals surface area contributed by atoms with Gasteiger partial charge in [0.05, 0.1) is 20.1 Å². The van der Waals surface area contributed by atoms with Crippen LogP contribution in [-0.4, -0.2) is 36.6 Å². The molecule has 0 aliphatic heterocycles. The summed E-state index contributed by atoms with van der Waals surface area (Å²) in [6.07, 6.45) is 0.833. The average Bonchev–Trinajstić information content (AvgIpc) is 3.12. The number of hydrogen-bond acceptors (Lipinski definition) is 5. The Morgan fingerprint density at radius 2 is 1.74 bits per heavy atom. The normalized spacial score (nSPS) is 11.8. The van der Waals surface area contributed by atoms with Crippen molar-refractivity contribution in [2.45, 2.75) is 19.4 Å². The maximum atomic E-state index is 12.6. The number of carbonyl (C=O) groups excluding carboxylic acids is 2. The van der Waals surface area contributed by atoms with E-state index in [9.17, 15) is 9.59 Å². The molecule has 0 bridgehead atoms. The maximum Gasteiger partial charge on any atom is 0.309 e. The zero-order valence-corrected chi connectivity index (χ0v) is 15.2. The number of ketones is 1. The van der Waals surface area contributed by atoms with E-state index in [2.05, 4.69) is 4.98 Å². The van der Waals surface area contributed by atoms with Crippen LogP contribution in [0.5, 0.6) is 11.5 Å². The molecule has 0 amide bonds. The van der Waals surface area contributed by atoms with Crippen LogP contribution in [0, 0.1) is 0 Å². The van der Waals surface area contributed by atoms with Crippen LogP contribution >= 0.6 is 0 Å². The van der Waals surface area contributed by atoms with E-state index < -0.39 is 12.1 Å². The van der Waals surface area contributed by atoms with Gasteiger partial charge in [0.1, 0.15) is 11.5 Å². The SMILES string of the molecule is COc1ccc(OCCC(=O)OC(C)C(=O)c2c[nH]c3ccccc23)cc1. The summed E-state index contributed by atoms with van der Waals surface area (Å²) in [5.41, 5.74) is 1.38. The number of Topliss-reactive ketones (excluding diaryl/α,β-unsaturated/α-hetero) is 1. The van der Waals surface area contributed by atoms with Crippen molar-refractivity contribution in [2.24, 2.45) is 0 Å². The molecule has 3 aromatic rings. The summed E-state index contributed by atoms with van der Waals surface area (Å²) >= 11 is 0. The molecular weight excluding hydrogens is 346 g/mol. The molecule has 0 fully saturated rings. The van der Waals surface area contributed by atoms with E-state index >= 15 is 0 Å². The van der Waals surface area contributed by atoms with Crippen LogP contribution in [0.15, 0.2) is 54.7 Å². The Morgan fingerprint density at radius 3 is 2.48 bits per heavy atom. The molecule has 3 rings (SSSR count). The van der Waals surface area contributed by atoms with Gasteiger partial charge in [-0.25, -0.2) is 0 Å². The van der Waals surface area contributed by atoms with Crippen LogP contribution in [-0.2, 0) is 9.53 Å². The molecule has 27 heavy (non-hydrogen) atoms. The Bertz CT molecular complexity index is 929. The van der Waals surface area contributed by atoms with E-state index in [1.807, 2.05) is 24.3 Å². The molecular formula is C21H21NO5. The lowest BCUT2D eigenvalue weighted by Crippen LogP contribution is -2.25. The Hall–Kier alpha value is -3.28. The van der Waals surface area contributed by atoms with Crippen LogP contribution in [0.2, 0.25) is 0 Å². The molecule has 140 valence electrons. The minimum atomic E-state index is -0.863. The van der Waals surface area contributed by atoms with Gasteiger partial charge in [0.25, 0.3) is 0 Å². The number of para-hydroxylation sites is 1. The van der Waals surface area contributed by atoms with Crippen molar-refractivity contribution in [1.82, 2.24) is 4.98 Å². The van der Waals surface area contributed by atoms with E-state index in [1.54, 1.807) is 44.5 Å². The number of aromatic amines is 1. The van der Waals surface area contributed by atoms with Crippen molar-refractivity contribution in [3.8, 4) is 11.5 Å². The molecule has 2 aromatic carbocycles. The molecule has 0 radical (unpaired) electrons. The molecule has 0 aliphatic carbocycles. The second-order valence-corrected chi connectivity index (χ2v) is 6.02. The lowest BCUT2D eigenvalue weighted by Gasteiger charge is -2.12. The number of ether oxygens (including phenoxy) is 3. The second kappa shape index (κ2) is 8.40. The first kappa shape index (κ1) is 18.5. The third kappa shape index (κ3) is 4.47. The minimum absolute atomic E-state index is 0.0531. The van der Waals surface area contributed by atoms with E-state index in [0.717, 1.165) is 16.7 Å². The standard InChI is InChI=1S/C21H21NO5/c1-14(21(24)18-13-22-19-6-4-3-5-17(18)19)27-20(23)11-12-26-16-9-7-15(25-2)8-10-16/h3-10,13-14,22H,11-12H2,1-2H3. The molecule has 1 N–H and O–H groups in total. The number of hydrogen-bond donors (Lipinski definition) is 1. The third-order valence-electron chi connectivity index (χ3n) is 4.17. The van der Waals surface area contributed by atoms with Gasteiger partial charge in [-0.3, -0.25) is 9.59 Å². The molecule has 0 saturated carbocycles. The summed E-state index contributed by atoms with van der Waals surface area (Å²) in [5, 5.41) is 0.813. The molecule has 1 unspecified atom stereocenters. The summed E-state index contributed by atoms with van der Waals surface area (Å²) < 4.78 is 15.8. The lowest BCUT2D eigenvalue weighted by atomic mass is 10.1. The first-order valence-electron chi connectivity index (χ1n) is 8.65. The lowest BCUT2D eigenvalue weighted by molar-refractivity contribution is -0.146. The van der Waals surface area contributed by atoms with E-state index in [-0.39, 0.29) is 18.8 Å². The van der Waals surface area contributed by atoms with E-state index in [1.165, 1.54) is 0 Å². The van der Waals surface area contributed by atoms with E-state index in [4.69, 9.17) is 14.2 Å². The van der Waals surface area contributed by atoms with Gasteiger partial charge in [0, 0.05) is 22.7 Å². The van der Waals surface area contributed by atoms with Gasteiger partial charge in [0.15, 0.2) is 6.10 Å². The quantitative estimate of drug-likeness (QED) is 0.484. The predicted molar refractivity (Wildman–Crippen MR) is 101 cm³/mol. The van der Waals surface area contributed by atoms with Crippen LogP contribution < -0.4 is 9.47 Å². The minimum Gasteiger partial charge on any atom is -0.497 e. The van der Waals surface area contributed by atoms with Gasteiger partial charge in [-0.15, -0.1) is 0 Å². The fourth-order valence-electron chi connectivity index (χ4n) is 2.73.